The SMILES string of the molecule is CCn1c(COc2ccccc2)nnc1SCC(=O)Nc1ccc(S(=O)(=O)Nc2cc(C)nc(C)n2)cc1. The highest BCUT2D eigenvalue weighted by Gasteiger charge is 2.17. The summed E-state index contributed by atoms with van der Waals surface area (Å²) in [4.78, 5) is 20.8. The molecule has 2 heterocycles. The third-order valence-electron chi connectivity index (χ3n) is 5.21. The number of aromatic nitrogens is 5. The Kier molecular flexibility index (Phi) is 8.59. The molecule has 1 amide bonds. The molecule has 0 aliphatic carbocycles. The van der Waals surface area contributed by atoms with Gasteiger partial charge in [-0.2, -0.15) is 0 Å². The molecule has 198 valence electrons. The van der Waals surface area contributed by atoms with Gasteiger partial charge in [-0.15, -0.1) is 10.2 Å². The molecule has 4 aromatic rings. The van der Waals surface area contributed by atoms with Crippen LogP contribution in [-0.4, -0.2) is 44.8 Å². The molecule has 0 saturated carbocycles. The first-order chi connectivity index (χ1) is 18.2. The number of rotatable bonds is 11. The van der Waals surface area contributed by atoms with Crippen LogP contribution in [0.5, 0.6) is 5.75 Å². The minimum Gasteiger partial charge on any atom is -0.486 e. The second-order valence-corrected chi connectivity index (χ2v) is 10.8. The Morgan fingerprint density at radius 2 is 1.76 bits per heavy atom. The predicted octanol–water partition coefficient (Wildman–Crippen LogP) is 3.82. The number of sulfonamides is 1. The van der Waals surface area contributed by atoms with E-state index in [2.05, 4.69) is 30.2 Å². The van der Waals surface area contributed by atoms with E-state index in [0.29, 0.717) is 34.7 Å². The van der Waals surface area contributed by atoms with Crippen LogP contribution in [0.1, 0.15) is 24.3 Å². The van der Waals surface area contributed by atoms with Crippen LogP contribution >= 0.6 is 11.8 Å². The molecule has 0 aliphatic rings. The average molecular weight is 554 g/mol. The summed E-state index contributed by atoms with van der Waals surface area (Å²) in [5.41, 5.74) is 1.12. The van der Waals surface area contributed by atoms with Crippen LogP contribution in [0.4, 0.5) is 11.5 Å². The standard InChI is InChI=1S/C25H27N7O4S2/c1-4-32-23(15-36-20-8-6-5-7-9-20)29-30-25(32)37-16-24(33)28-19-10-12-21(13-11-19)38(34,35)31-22-14-17(2)26-18(3)27-22/h5-14H,4,15-16H2,1-3H3,(H,28,33)(H,26,27,31). The Labute approximate surface area is 225 Å². The highest BCUT2D eigenvalue weighted by Crippen LogP contribution is 2.21. The Hall–Kier alpha value is -3.97. The molecular formula is C25H27N7O4S2. The van der Waals surface area contributed by atoms with Gasteiger partial charge in [0.25, 0.3) is 10.0 Å². The maximum Gasteiger partial charge on any atom is 0.263 e. The van der Waals surface area contributed by atoms with E-state index in [1.807, 2.05) is 41.8 Å². The first-order valence-corrected chi connectivity index (χ1v) is 14.2. The molecule has 0 radical (unpaired) electrons. The van der Waals surface area contributed by atoms with Crippen LogP contribution in [-0.2, 0) is 28.0 Å². The number of benzene rings is 2. The number of aryl methyl sites for hydroxylation is 2. The summed E-state index contributed by atoms with van der Waals surface area (Å²) in [5.74, 6) is 1.90. The number of hydrogen-bond acceptors (Lipinski definition) is 9. The van der Waals surface area contributed by atoms with Crippen LogP contribution in [0.15, 0.2) is 70.7 Å². The second-order valence-electron chi connectivity index (χ2n) is 8.15. The van der Waals surface area contributed by atoms with Crippen molar-refractivity contribution in [2.75, 3.05) is 15.8 Å². The third-order valence-corrected chi connectivity index (χ3v) is 7.54. The number of nitrogens with zero attached hydrogens (tertiary/aromatic N) is 5. The predicted molar refractivity (Wildman–Crippen MR) is 145 cm³/mol. The lowest BCUT2D eigenvalue weighted by Gasteiger charge is -2.10. The van der Waals surface area contributed by atoms with E-state index >= 15 is 0 Å². The normalized spacial score (nSPS) is 11.2. The van der Waals surface area contributed by atoms with Gasteiger partial charge in [-0.3, -0.25) is 9.52 Å². The maximum atomic E-state index is 12.7. The number of amides is 1. The first-order valence-electron chi connectivity index (χ1n) is 11.7. The van der Waals surface area contributed by atoms with Crippen molar-refractivity contribution in [1.29, 1.82) is 0 Å². The molecule has 4 rings (SSSR count). The minimum absolute atomic E-state index is 0.0418. The molecular weight excluding hydrogens is 526 g/mol. The number of carbonyl (C=O) groups is 1. The Morgan fingerprint density at radius 1 is 1.03 bits per heavy atom. The average Bonchev–Trinajstić information content (AvgIpc) is 3.28. The monoisotopic (exact) mass is 553 g/mol. The molecule has 2 aromatic carbocycles. The zero-order valence-electron chi connectivity index (χ0n) is 21.1. The van der Waals surface area contributed by atoms with E-state index in [9.17, 15) is 13.2 Å². The van der Waals surface area contributed by atoms with Gasteiger partial charge >= 0.3 is 0 Å². The molecule has 0 spiro atoms. The highest BCUT2D eigenvalue weighted by atomic mass is 32.2. The van der Waals surface area contributed by atoms with Crippen molar-refractivity contribution in [3.8, 4) is 5.75 Å². The van der Waals surface area contributed by atoms with Crippen LogP contribution < -0.4 is 14.8 Å². The number of thioether (sulfide) groups is 1. The van der Waals surface area contributed by atoms with Crippen molar-refractivity contribution in [3.63, 3.8) is 0 Å². The van der Waals surface area contributed by atoms with Crippen molar-refractivity contribution in [2.45, 2.75) is 44.0 Å². The van der Waals surface area contributed by atoms with E-state index in [1.165, 1.54) is 36.0 Å². The Morgan fingerprint density at radius 3 is 2.45 bits per heavy atom. The van der Waals surface area contributed by atoms with Gasteiger partial charge < -0.3 is 14.6 Å². The van der Waals surface area contributed by atoms with Gasteiger partial charge in [-0.05, 0) is 57.2 Å². The van der Waals surface area contributed by atoms with Crippen LogP contribution in [0.3, 0.4) is 0 Å². The molecule has 0 fully saturated rings. The number of hydrogen-bond donors (Lipinski definition) is 2. The van der Waals surface area contributed by atoms with Crippen LogP contribution in [0, 0.1) is 13.8 Å². The van der Waals surface area contributed by atoms with Gasteiger partial charge in [-0.1, -0.05) is 30.0 Å². The van der Waals surface area contributed by atoms with Gasteiger partial charge in [0.05, 0.1) is 10.6 Å². The molecule has 0 aliphatic heterocycles. The molecule has 0 atom stereocenters. The summed E-state index contributed by atoms with van der Waals surface area (Å²) in [7, 11) is -3.85. The number of para-hydroxylation sites is 1. The fraction of sp³-hybridized carbons (Fsp3) is 0.240. The quantitative estimate of drug-likeness (QED) is 0.265. The van der Waals surface area contributed by atoms with Crippen molar-refractivity contribution < 1.29 is 17.9 Å². The zero-order chi connectivity index (χ0) is 27.1. The van der Waals surface area contributed by atoms with E-state index in [4.69, 9.17) is 4.74 Å². The van der Waals surface area contributed by atoms with E-state index in [1.54, 1.807) is 19.9 Å². The maximum absolute atomic E-state index is 12.7. The number of carbonyl (C=O) groups excluding carboxylic acids is 1. The number of anilines is 2. The molecule has 2 aromatic heterocycles. The number of ether oxygens (including phenoxy) is 1. The summed E-state index contributed by atoms with van der Waals surface area (Å²) < 4.78 is 35.6. The van der Waals surface area contributed by atoms with Crippen molar-refractivity contribution in [3.05, 3.63) is 78.0 Å². The molecule has 13 heteroatoms. The summed E-state index contributed by atoms with van der Waals surface area (Å²) in [6, 6.07) is 16.9. The van der Waals surface area contributed by atoms with E-state index in [-0.39, 0.29) is 29.0 Å². The van der Waals surface area contributed by atoms with Gasteiger partial charge in [0.1, 0.15) is 24.0 Å². The van der Waals surface area contributed by atoms with Crippen LogP contribution in [0.2, 0.25) is 0 Å². The highest BCUT2D eigenvalue weighted by molar-refractivity contribution is 7.99. The largest absolute Gasteiger partial charge is 0.486 e. The van der Waals surface area contributed by atoms with E-state index < -0.39 is 10.0 Å². The molecule has 11 nitrogen and oxygen atoms in total. The smallest absolute Gasteiger partial charge is 0.263 e. The Bertz CT molecular complexity index is 1490. The molecule has 0 saturated heterocycles. The van der Waals surface area contributed by atoms with Crippen molar-refractivity contribution in [2.24, 2.45) is 0 Å². The topological polar surface area (TPSA) is 141 Å². The lowest BCUT2D eigenvalue weighted by molar-refractivity contribution is -0.113. The molecule has 38 heavy (non-hydrogen) atoms. The lowest BCUT2D eigenvalue weighted by atomic mass is 10.3. The summed E-state index contributed by atoms with van der Waals surface area (Å²) in [5, 5.41) is 11.8. The molecule has 2 N–H and O–H groups in total. The van der Waals surface area contributed by atoms with Gasteiger partial charge in [0.2, 0.25) is 5.91 Å². The molecule has 0 bridgehead atoms. The fourth-order valence-corrected chi connectivity index (χ4v) is 5.34. The molecule has 0 unspecified atom stereocenters. The summed E-state index contributed by atoms with van der Waals surface area (Å²) >= 11 is 1.26. The summed E-state index contributed by atoms with van der Waals surface area (Å²) in [6.45, 7) is 6.30. The summed E-state index contributed by atoms with van der Waals surface area (Å²) in [6.07, 6.45) is 0. The van der Waals surface area contributed by atoms with Gasteiger partial charge in [-0.25, -0.2) is 18.4 Å². The van der Waals surface area contributed by atoms with Gasteiger partial charge in [0, 0.05) is 24.0 Å². The van der Waals surface area contributed by atoms with Crippen molar-refractivity contribution >= 4 is 39.2 Å². The lowest BCUT2D eigenvalue weighted by Crippen LogP contribution is -2.16. The van der Waals surface area contributed by atoms with Gasteiger partial charge in [0.15, 0.2) is 11.0 Å². The van der Waals surface area contributed by atoms with Crippen molar-refractivity contribution in [1.82, 2.24) is 24.7 Å². The first kappa shape index (κ1) is 27.1. The van der Waals surface area contributed by atoms with Crippen LogP contribution in [0.25, 0.3) is 0 Å². The minimum atomic E-state index is -3.85. The second kappa shape index (κ2) is 12.0. The Balaban J connectivity index is 1.32. The third kappa shape index (κ3) is 7.07. The zero-order valence-corrected chi connectivity index (χ0v) is 22.7. The van der Waals surface area contributed by atoms with E-state index in [0.717, 1.165) is 5.75 Å². The fourth-order valence-electron chi connectivity index (χ4n) is 3.53. The number of nitrogens with one attached hydrogen (secondary N) is 2.